The van der Waals surface area contributed by atoms with E-state index in [1.165, 1.54) is 0 Å². The van der Waals surface area contributed by atoms with Crippen LogP contribution in [0, 0.1) is 0 Å². The van der Waals surface area contributed by atoms with Crippen LogP contribution in [-0.2, 0) is 11.2 Å². The van der Waals surface area contributed by atoms with E-state index in [2.05, 4.69) is 15.3 Å². The van der Waals surface area contributed by atoms with Gasteiger partial charge in [-0.25, -0.2) is 4.98 Å². The van der Waals surface area contributed by atoms with Crippen LogP contribution in [0.4, 0.5) is 5.69 Å². The number of carbonyl (C=O) groups excluding carboxylic acids is 1. The van der Waals surface area contributed by atoms with E-state index in [1.54, 1.807) is 13.2 Å². The molecule has 1 heterocycles. The lowest BCUT2D eigenvalue weighted by Crippen LogP contribution is -2.11. The summed E-state index contributed by atoms with van der Waals surface area (Å²) >= 11 is 0. The molecule has 0 bridgehead atoms. The Labute approximate surface area is 134 Å². The average Bonchev–Trinajstić information content (AvgIpc) is 2.97. The molecule has 0 saturated heterocycles. The molecule has 0 aliphatic carbocycles. The summed E-state index contributed by atoms with van der Waals surface area (Å²) in [5, 5.41) is 2.88. The molecule has 1 amide bonds. The first-order valence-corrected chi connectivity index (χ1v) is 7.62. The van der Waals surface area contributed by atoms with Gasteiger partial charge in [0.2, 0.25) is 5.91 Å². The average molecular weight is 309 g/mol. The van der Waals surface area contributed by atoms with Gasteiger partial charge in [-0.2, -0.15) is 0 Å². The van der Waals surface area contributed by atoms with Crippen molar-refractivity contribution in [2.24, 2.45) is 0 Å². The van der Waals surface area contributed by atoms with Gasteiger partial charge in [-0.3, -0.25) is 4.79 Å². The molecule has 0 spiro atoms. The van der Waals surface area contributed by atoms with Crippen molar-refractivity contribution in [3.05, 3.63) is 54.4 Å². The second-order valence-electron chi connectivity index (χ2n) is 5.33. The number of anilines is 1. The SMILES string of the molecule is COc1cccc(NC(=O)CCCc2nc3ccccc3[nH]2)c1. The Kier molecular flexibility index (Phi) is 4.57. The van der Waals surface area contributed by atoms with E-state index in [9.17, 15) is 4.79 Å². The summed E-state index contributed by atoms with van der Waals surface area (Å²) in [6.45, 7) is 0. The number of rotatable bonds is 6. The second-order valence-corrected chi connectivity index (χ2v) is 5.33. The van der Waals surface area contributed by atoms with Crippen molar-refractivity contribution < 1.29 is 9.53 Å². The third-order valence-corrected chi connectivity index (χ3v) is 3.61. The van der Waals surface area contributed by atoms with Crippen LogP contribution < -0.4 is 10.1 Å². The number of para-hydroxylation sites is 2. The lowest BCUT2D eigenvalue weighted by molar-refractivity contribution is -0.116. The van der Waals surface area contributed by atoms with E-state index in [1.807, 2.05) is 42.5 Å². The van der Waals surface area contributed by atoms with Gasteiger partial charge in [0.05, 0.1) is 18.1 Å². The maximum absolute atomic E-state index is 12.0. The molecular weight excluding hydrogens is 290 g/mol. The number of amides is 1. The van der Waals surface area contributed by atoms with Gasteiger partial charge >= 0.3 is 0 Å². The van der Waals surface area contributed by atoms with Crippen molar-refractivity contribution in [3.8, 4) is 5.75 Å². The van der Waals surface area contributed by atoms with Crippen molar-refractivity contribution in [1.29, 1.82) is 0 Å². The van der Waals surface area contributed by atoms with E-state index < -0.39 is 0 Å². The van der Waals surface area contributed by atoms with E-state index in [0.717, 1.165) is 41.1 Å². The molecule has 3 rings (SSSR count). The quantitative estimate of drug-likeness (QED) is 0.732. The van der Waals surface area contributed by atoms with Crippen molar-refractivity contribution in [2.75, 3.05) is 12.4 Å². The Hall–Kier alpha value is -2.82. The molecule has 5 heteroatoms. The van der Waals surface area contributed by atoms with Crippen molar-refractivity contribution in [2.45, 2.75) is 19.3 Å². The highest BCUT2D eigenvalue weighted by Crippen LogP contribution is 2.17. The molecule has 0 unspecified atom stereocenters. The van der Waals surface area contributed by atoms with E-state index in [0.29, 0.717) is 6.42 Å². The third kappa shape index (κ3) is 3.88. The second kappa shape index (κ2) is 6.96. The molecule has 0 aliphatic heterocycles. The molecular formula is C18H19N3O2. The summed E-state index contributed by atoms with van der Waals surface area (Å²) in [5.74, 6) is 1.64. The van der Waals surface area contributed by atoms with Crippen LogP contribution in [0.25, 0.3) is 11.0 Å². The summed E-state index contributed by atoms with van der Waals surface area (Å²) in [5.41, 5.74) is 2.74. The van der Waals surface area contributed by atoms with Crippen LogP contribution in [0.1, 0.15) is 18.7 Å². The zero-order chi connectivity index (χ0) is 16.1. The fourth-order valence-electron chi connectivity index (χ4n) is 2.46. The third-order valence-electron chi connectivity index (χ3n) is 3.61. The normalized spacial score (nSPS) is 10.7. The number of aromatic amines is 1. The van der Waals surface area contributed by atoms with Crippen LogP contribution in [0.15, 0.2) is 48.5 Å². The standard InChI is InChI=1S/C18H19N3O2/c1-23-14-7-4-6-13(12-14)19-18(22)11-5-10-17-20-15-8-2-3-9-16(15)21-17/h2-4,6-9,12H,5,10-11H2,1H3,(H,19,22)(H,20,21). The number of methoxy groups -OCH3 is 1. The number of hydrogen-bond acceptors (Lipinski definition) is 3. The molecule has 0 atom stereocenters. The summed E-state index contributed by atoms with van der Waals surface area (Å²) in [7, 11) is 1.61. The van der Waals surface area contributed by atoms with E-state index >= 15 is 0 Å². The molecule has 5 nitrogen and oxygen atoms in total. The Balaban J connectivity index is 1.50. The fraction of sp³-hybridized carbons (Fsp3) is 0.222. The number of H-pyrrole nitrogens is 1. The Morgan fingerprint density at radius 3 is 2.91 bits per heavy atom. The molecule has 0 saturated carbocycles. The first kappa shape index (κ1) is 15.1. The van der Waals surface area contributed by atoms with Crippen LogP contribution in [0.2, 0.25) is 0 Å². The number of ether oxygens (including phenoxy) is 1. The molecule has 3 aromatic rings. The minimum absolute atomic E-state index is 0.00522. The molecule has 0 fully saturated rings. The molecule has 0 aliphatic rings. The number of hydrogen-bond donors (Lipinski definition) is 2. The van der Waals surface area contributed by atoms with E-state index in [-0.39, 0.29) is 5.91 Å². The Morgan fingerprint density at radius 2 is 2.09 bits per heavy atom. The zero-order valence-corrected chi connectivity index (χ0v) is 13.0. The first-order chi connectivity index (χ1) is 11.2. The van der Waals surface area contributed by atoms with Crippen LogP contribution >= 0.6 is 0 Å². The lowest BCUT2D eigenvalue weighted by Gasteiger charge is -2.06. The minimum atomic E-state index is -0.00522. The van der Waals surface area contributed by atoms with Gasteiger partial charge in [0, 0.05) is 24.6 Å². The van der Waals surface area contributed by atoms with Crippen LogP contribution in [0.5, 0.6) is 5.75 Å². The molecule has 2 N–H and O–H groups in total. The number of fused-ring (bicyclic) bond motifs is 1. The van der Waals surface area contributed by atoms with Gasteiger partial charge < -0.3 is 15.0 Å². The maximum atomic E-state index is 12.0. The number of imidazole rings is 1. The monoisotopic (exact) mass is 309 g/mol. The van der Waals surface area contributed by atoms with Crippen molar-refractivity contribution in [1.82, 2.24) is 9.97 Å². The lowest BCUT2D eigenvalue weighted by atomic mass is 10.2. The minimum Gasteiger partial charge on any atom is -0.497 e. The Morgan fingerprint density at radius 1 is 1.22 bits per heavy atom. The van der Waals surface area contributed by atoms with E-state index in [4.69, 9.17) is 4.74 Å². The Bertz CT molecular complexity index is 778. The molecule has 23 heavy (non-hydrogen) atoms. The number of nitrogens with one attached hydrogen (secondary N) is 2. The molecule has 118 valence electrons. The van der Waals surface area contributed by atoms with Gasteiger partial charge in [-0.1, -0.05) is 18.2 Å². The van der Waals surface area contributed by atoms with Gasteiger partial charge in [0.25, 0.3) is 0 Å². The summed E-state index contributed by atoms with van der Waals surface area (Å²) < 4.78 is 5.14. The molecule has 1 aromatic heterocycles. The van der Waals surface area contributed by atoms with Crippen molar-refractivity contribution >= 4 is 22.6 Å². The largest absolute Gasteiger partial charge is 0.497 e. The number of aromatic nitrogens is 2. The summed E-state index contributed by atoms with van der Waals surface area (Å²) in [6.07, 6.45) is 1.95. The number of carbonyl (C=O) groups is 1. The van der Waals surface area contributed by atoms with Crippen LogP contribution in [0.3, 0.4) is 0 Å². The topological polar surface area (TPSA) is 67.0 Å². The number of nitrogens with zero attached hydrogens (tertiary/aromatic N) is 1. The smallest absolute Gasteiger partial charge is 0.224 e. The summed E-state index contributed by atoms with van der Waals surface area (Å²) in [4.78, 5) is 19.8. The predicted molar refractivity (Wildman–Crippen MR) is 90.7 cm³/mol. The predicted octanol–water partition coefficient (Wildman–Crippen LogP) is 3.53. The van der Waals surface area contributed by atoms with Gasteiger partial charge in [0.1, 0.15) is 11.6 Å². The van der Waals surface area contributed by atoms with Gasteiger partial charge in [-0.15, -0.1) is 0 Å². The highest BCUT2D eigenvalue weighted by molar-refractivity contribution is 5.90. The fourth-order valence-corrected chi connectivity index (χ4v) is 2.46. The van der Waals surface area contributed by atoms with Gasteiger partial charge in [0.15, 0.2) is 0 Å². The zero-order valence-electron chi connectivity index (χ0n) is 13.0. The molecule has 0 radical (unpaired) electrons. The van der Waals surface area contributed by atoms with Gasteiger partial charge in [-0.05, 0) is 30.7 Å². The highest BCUT2D eigenvalue weighted by atomic mass is 16.5. The highest BCUT2D eigenvalue weighted by Gasteiger charge is 2.06. The van der Waals surface area contributed by atoms with Crippen LogP contribution in [-0.4, -0.2) is 23.0 Å². The summed E-state index contributed by atoms with van der Waals surface area (Å²) in [6, 6.07) is 15.3. The number of aryl methyl sites for hydroxylation is 1. The number of benzene rings is 2. The maximum Gasteiger partial charge on any atom is 0.224 e. The molecule has 2 aromatic carbocycles. The first-order valence-electron chi connectivity index (χ1n) is 7.62. The van der Waals surface area contributed by atoms with Crippen molar-refractivity contribution in [3.63, 3.8) is 0 Å².